The highest BCUT2D eigenvalue weighted by atomic mass is 16.5. The topological polar surface area (TPSA) is 84.6 Å². The number of aliphatic hydroxyl groups is 1. The maximum atomic E-state index is 10.8. The first-order chi connectivity index (χ1) is 7.74. The fourth-order valence-corrected chi connectivity index (χ4v) is 1.19. The summed E-state index contributed by atoms with van der Waals surface area (Å²) in [6.07, 6.45) is 0. The van der Waals surface area contributed by atoms with E-state index in [2.05, 4.69) is 5.32 Å². The van der Waals surface area contributed by atoms with E-state index in [1.54, 1.807) is 24.3 Å². The van der Waals surface area contributed by atoms with E-state index in [1.165, 1.54) is 0 Å². The van der Waals surface area contributed by atoms with E-state index in [0.717, 1.165) is 5.69 Å². The smallest absolute Gasteiger partial charge is 0.248 e. The Morgan fingerprint density at radius 1 is 1.31 bits per heavy atom. The van der Waals surface area contributed by atoms with Gasteiger partial charge in [-0.1, -0.05) is 0 Å². The van der Waals surface area contributed by atoms with Crippen LogP contribution < -0.4 is 11.1 Å². The van der Waals surface area contributed by atoms with Gasteiger partial charge in [-0.05, 0) is 24.3 Å². The van der Waals surface area contributed by atoms with Crippen molar-refractivity contribution in [3.63, 3.8) is 0 Å². The average molecular weight is 224 g/mol. The highest BCUT2D eigenvalue weighted by Gasteiger charge is 1.98. The molecule has 0 saturated heterocycles. The second kappa shape index (κ2) is 6.81. The molecule has 0 heterocycles. The van der Waals surface area contributed by atoms with Crippen LogP contribution in [0.2, 0.25) is 0 Å². The maximum absolute atomic E-state index is 10.8. The molecule has 0 spiro atoms. The Morgan fingerprint density at radius 3 is 2.56 bits per heavy atom. The summed E-state index contributed by atoms with van der Waals surface area (Å²) in [6.45, 7) is 1.56. The molecule has 0 atom stereocenters. The van der Waals surface area contributed by atoms with Crippen LogP contribution in [0.25, 0.3) is 0 Å². The lowest BCUT2D eigenvalue weighted by Gasteiger charge is -2.06. The number of rotatable bonds is 7. The molecule has 1 rings (SSSR count). The number of nitrogens with two attached hydrogens (primary N) is 1. The Kier molecular flexibility index (Phi) is 5.31. The molecule has 0 radical (unpaired) electrons. The summed E-state index contributed by atoms with van der Waals surface area (Å²) in [4.78, 5) is 10.8. The van der Waals surface area contributed by atoms with E-state index in [-0.39, 0.29) is 6.61 Å². The molecule has 5 nitrogen and oxygen atoms in total. The molecule has 88 valence electrons. The second-order valence-corrected chi connectivity index (χ2v) is 3.20. The average Bonchev–Trinajstić information content (AvgIpc) is 2.29. The molecule has 0 unspecified atom stereocenters. The molecule has 5 heteroatoms. The molecule has 16 heavy (non-hydrogen) atoms. The zero-order valence-corrected chi connectivity index (χ0v) is 8.98. The molecule has 0 bridgehead atoms. The van der Waals surface area contributed by atoms with E-state index in [1.807, 2.05) is 0 Å². The van der Waals surface area contributed by atoms with Gasteiger partial charge in [0.1, 0.15) is 0 Å². The Morgan fingerprint density at radius 2 is 2.00 bits per heavy atom. The van der Waals surface area contributed by atoms with Crippen molar-refractivity contribution in [3.05, 3.63) is 29.8 Å². The molecule has 4 N–H and O–H groups in total. The highest BCUT2D eigenvalue weighted by Crippen LogP contribution is 2.08. The van der Waals surface area contributed by atoms with Crippen molar-refractivity contribution in [1.29, 1.82) is 0 Å². The molecule has 1 aromatic carbocycles. The van der Waals surface area contributed by atoms with Crippen LogP contribution in [0.5, 0.6) is 0 Å². The number of nitrogens with one attached hydrogen (secondary N) is 1. The molecular weight excluding hydrogens is 208 g/mol. The van der Waals surface area contributed by atoms with Crippen molar-refractivity contribution in [2.45, 2.75) is 0 Å². The van der Waals surface area contributed by atoms with Crippen molar-refractivity contribution in [2.24, 2.45) is 5.73 Å². The summed E-state index contributed by atoms with van der Waals surface area (Å²) < 4.78 is 5.08. The number of primary amides is 1. The van der Waals surface area contributed by atoms with E-state index in [0.29, 0.717) is 25.3 Å². The minimum absolute atomic E-state index is 0.0350. The maximum Gasteiger partial charge on any atom is 0.248 e. The van der Waals surface area contributed by atoms with Gasteiger partial charge in [-0.2, -0.15) is 0 Å². The lowest BCUT2D eigenvalue weighted by molar-refractivity contribution is 0.0992. The third-order valence-corrected chi connectivity index (χ3v) is 1.98. The third-order valence-electron chi connectivity index (χ3n) is 1.98. The standard InChI is InChI=1S/C11H16N2O3/c12-11(15)9-1-3-10(4-2-9)13-5-7-16-8-6-14/h1-4,13-14H,5-8H2,(H2,12,15). The molecule has 0 fully saturated rings. The van der Waals surface area contributed by atoms with Gasteiger partial charge in [0.2, 0.25) is 5.91 Å². The second-order valence-electron chi connectivity index (χ2n) is 3.20. The van der Waals surface area contributed by atoms with Gasteiger partial charge in [-0.15, -0.1) is 0 Å². The Labute approximate surface area is 94.2 Å². The first kappa shape index (κ1) is 12.5. The number of amides is 1. The Hall–Kier alpha value is -1.59. The molecule has 0 aliphatic heterocycles. The zero-order chi connectivity index (χ0) is 11.8. The zero-order valence-electron chi connectivity index (χ0n) is 8.98. The van der Waals surface area contributed by atoms with Crippen LogP contribution in [0.15, 0.2) is 24.3 Å². The number of hydrogen-bond acceptors (Lipinski definition) is 4. The first-order valence-corrected chi connectivity index (χ1v) is 5.06. The van der Waals surface area contributed by atoms with Crippen LogP contribution in [0.4, 0.5) is 5.69 Å². The van der Waals surface area contributed by atoms with E-state index in [9.17, 15) is 4.79 Å². The Balaban J connectivity index is 2.29. The van der Waals surface area contributed by atoms with E-state index < -0.39 is 5.91 Å². The molecule has 0 saturated carbocycles. The highest BCUT2D eigenvalue weighted by molar-refractivity contribution is 5.93. The number of carbonyl (C=O) groups excluding carboxylic acids is 1. The van der Waals surface area contributed by atoms with Gasteiger partial charge >= 0.3 is 0 Å². The van der Waals surface area contributed by atoms with Crippen LogP contribution in [0.1, 0.15) is 10.4 Å². The summed E-state index contributed by atoms with van der Waals surface area (Å²) >= 11 is 0. The number of ether oxygens (including phenoxy) is 1. The van der Waals surface area contributed by atoms with Crippen molar-refractivity contribution in [2.75, 3.05) is 31.7 Å². The fourth-order valence-electron chi connectivity index (χ4n) is 1.19. The van der Waals surface area contributed by atoms with E-state index in [4.69, 9.17) is 15.6 Å². The van der Waals surface area contributed by atoms with Crippen LogP contribution in [0, 0.1) is 0 Å². The number of hydrogen-bond donors (Lipinski definition) is 3. The quantitative estimate of drug-likeness (QED) is 0.578. The summed E-state index contributed by atoms with van der Waals surface area (Å²) in [5.74, 6) is -0.433. The van der Waals surface area contributed by atoms with Gasteiger partial charge in [0, 0.05) is 17.8 Å². The summed E-state index contributed by atoms with van der Waals surface area (Å²) in [7, 11) is 0. The van der Waals surface area contributed by atoms with Gasteiger partial charge in [0.05, 0.1) is 19.8 Å². The van der Waals surface area contributed by atoms with Crippen LogP contribution in [-0.2, 0) is 4.74 Å². The number of anilines is 1. The molecule has 0 aliphatic rings. The molecule has 0 aromatic heterocycles. The monoisotopic (exact) mass is 224 g/mol. The summed E-state index contributed by atoms with van der Waals surface area (Å²) in [5, 5.41) is 11.6. The van der Waals surface area contributed by atoms with Gasteiger partial charge in [-0.25, -0.2) is 0 Å². The number of aliphatic hydroxyl groups excluding tert-OH is 1. The minimum atomic E-state index is -0.433. The van der Waals surface area contributed by atoms with Crippen molar-refractivity contribution >= 4 is 11.6 Å². The predicted molar refractivity (Wildman–Crippen MR) is 61.4 cm³/mol. The molecule has 1 amide bonds. The predicted octanol–water partition coefficient (Wildman–Crippen LogP) is 0.206. The van der Waals surface area contributed by atoms with E-state index >= 15 is 0 Å². The molecule has 0 aliphatic carbocycles. The summed E-state index contributed by atoms with van der Waals surface area (Å²) in [6, 6.07) is 6.90. The third kappa shape index (κ3) is 4.29. The first-order valence-electron chi connectivity index (χ1n) is 5.06. The van der Waals surface area contributed by atoms with Crippen LogP contribution in [0.3, 0.4) is 0 Å². The molecular formula is C11H16N2O3. The molecule has 1 aromatic rings. The van der Waals surface area contributed by atoms with Crippen molar-refractivity contribution < 1.29 is 14.6 Å². The largest absolute Gasteiger partial charge is 0.394 e. The number of carbonyl (C=O) groups is 1. The fraction of sp³-hybridized carbons (Fsp3) is 0.364. The Bertz CT molecular complexity index is 325. The van der Waals surface area contributed by atoms with Gasteiger partial charge < -0.3 is 20.9 Å². The van der Waals surface area contributed by atoms with Gasteiger partial charge in [-0.3, -0.25) is 4.79 Å². The van der Waals surface area contributed by atoms with Crippen LogP contribution in [-0.4, -0.2) is 37.4 Å². The lowest BCUT2D eigenvalue weighted by atomic mass is 10.2. The number of benzene rings is 1. The van der Waals surface area contributed by atoms with Gasteiger partial charge in [0.25, 0.3) is 0 Å². The SMILES string of the molecule is NC(=O)c1ccc(NCCOCCO)cc1. The van der Waals surface area contributed by atoms with Gasteiger partial charge in [0.15, 0.2) is 0 Å². The lowest BCUT2D eigenvalue weighted by Crippen LogP contribution is -2.12. The summed E-state index contributed by atoms with van der Waals surface area (Å²) in [5.41, 5.74) is 6.50. The van der Waals surface area contributed by atoms with Crippen molar-refractivity contribution in [1.82, 2.24) is 0 Å². The normalized spacial score (nSPS) is 10.1. The minimum Gasteiger partial charge on any atom is -0.394 e. The van der Waals surface area contributed by atoms with Crippen LogP contribution >= 0.6 is 0 Å². The van der Waals surface area contributed by atoms with Crippen molar-refractivity contribution in [3.8, 4) is 0 Å².